The molecule has 1 heterocycles. The van der Waals surface area contributed by atoms with Crippen molar-refractivity contribution in [1.29, 1.82) is 0 Å². The molecule has 0 aliphatic carbocycles. The quantitative estimate of drug-likeness (QED) is 0.880. The molecule has 2 aromatic rings. The lowest BCUT2D eigenvalue weighted by Gasteiger charge is -2.16. The first-order valence-electron chi connectivity index (χ1n) is 5.39. The van der Waals surface area contributed by atoms with Gasteiger partial charge in [0.2, 0.25) is 0 Å². The standard InChI is InChI=1S/C13H13BrN2OS/c1-16(7-9-4-5-18-8-9)13(17)10-2-3-12(15)11(14)6-10/h2-6,8H,7,15H2,1H3. The van der Waals surface area contributed by atoms with Gasteiger partial charge in [-0.2, -0.15) is 11.3 Å². The van der Waals surface area contributed by atoms with E-state index in [1.54, 1.807) is 41.5 Å². The van der Waals surface area contributed by atoms with E-state index >= 15 is 0 Å². The fourth-order valence-corrected chi connectivity index (χ4v) is 2.65. The molecule has 0 fully saturated rings. The van der Waals surface area contributed by atoms with Crippen LogP contribution in [0.4, 0.5) is 5.69 Å². The number of hydrogen-bond acceptors (Lipinski definition) is 3. The molecule has 0 aliphatic rings. The Morgan fingerprint density at radius 2 is 2.22 bits per heavy atom. The van der Waals surface area contributed by atoms with E-state index in [2.05, 4.69) is 15.9 Å². The Kier molecular flexibility index (Phi) is 4.04. The van der Waals surface area contributed by atoms with E-state index < -0.39 is 0 Å². The van der Waals surface area contributed by atoms with Crippen molar-refractivity contribution in [2.24, 2.45) is 0 Å². The Morgan fingerprint density at radius 3 is 2.83 bits per heavy atom. The van der Waals surface area contributed by atoms with Crippen molar-refractivity contribution in [2.45, 2.75) is 6.54 Å². The highest BCUT2D eigenvalue weighted by molar-refractivity contribution is 9.10. The number of rotatable bonds is 3. The molecule has 5 heteroatoms. The number of nitrogens with two attached hydrogens (primary N) is 1. The molecule has 0 bridgehead atoms. The molecule has 2 rings (SSSR count). The van der Waals surface area contributed by atoms with Gasteiger partial charge in [-0.25, -0.2) is 0 Å². The van der Waals surface area contributed by atoms with Crippen LogP contribution >= 0.6 is 27.3 Å². The third-order valence-corrected chi connectivity index (χ3v) is 4.01. The van der Waals surface area contributed by atoms with Crippen LogP contribution in [0.3, 0.4) is 0 Å². The van der Waals surface area contributed by atoms with E-state index in [0.29, 0.717) is 17.8 Å². The first kappa shape index (κ1) is 13.1. The maximum atomic E-state index is 12.2. The van der Waals surface area contributed by atoms with Crippen LogP contribution in [0.2, 0.25) is 0 Å². The van der Waals surface area contributed by atoms with Gasteiger partial charge in [-0.05, 0) is 56.5 Å². The molecule has 0 saturated carbocycles. The van der Waals surface area contributed by atoms with Crippen molar-refractivity contribution in [3.63, 3.8) is 0 Å². The highest BCUT2D eigenvalue weighted by Gasteiger charge is 2.13. The van der Waals surface area contributed by atoms with Crippen LogP contribution in [0.1, 0.15) is 15.9 Å². The molecule has 0 saturated heterocycles. The number of thiophene rings is 1. The van der Waals surface area contributed by atoms with Crippen molar-refractivity contribution in [2.75, 3.05) is 12.8 Å². The molecule has 94 valence electrons. The Labute approximate surface area is 118 Å². The summed E-state index contributed by atoms with van der Waals surface area (Å²) in [6.07, 6.45) is 0. The second-order valence-electron chi connectivity index (χ2n) is 4.03. The zero-order valence-corrected chi connectivity index (χ0v) is 12.3. The smallest absolute Gasteiger partial charge is 0.253 e. The van der Waals surface area contributed by atoms with E-state index in [0.717, 1.165) is 10.0 Å². The molecule has 3 nitrogen and oxygen atoms in total. The summed E-state index contributed by atoms with van der Waals surface area (Å²) in [6, 6.07) is 7.25. The van der Waals surface area contributed by atoms with E-state index in [-0.39, 0.29) is 5.91 Å². The largest absolute Gasteiger partial charge is 0.398 e. The third kappa shape index (κ3) is 2.91. The first-order chi connectivity index (χ1) is 8.58. The normalized spacial score (nSPS) is 10.3. The summed E-state index contributed by atoms with van der Waals surface area (Å²) in [6.45, 7) is 0.615. The van der Waals surface area contributed by atoms with E-state index in [1.807, 2.05) is 16.8 Å². The molecule has 1 amide bonds. The highest BCUT2D eigenvalue weighted by atomic mass is 79.9. The molecule has 0 atom stereocenters. The van der Waals surface area contributed by atoms with Gasteiger partial charge in [0.25, 0.3) is 5.91 Å². The van der Waals surface area contributed by atoms with E-state index in [9.17, 15) is 4.79 Å². The van der Waals surface area contributed by atoms with Crippen molar-refractivity contribution in [3.05, 3.63) is 50.6 Å². The molecular formula is C13H13BrN2OS. The number of nitrogen functional groups attached to an aromatic ring is 1. The number of carbonyl (C=O) groups excluding carboxylic acids is 1. The number of nitrogens with zero attached hydrogens (tertiary/aromatic N) is 1. The fourth-order valence-electron chi connectivity index (χ4n) is 1.61. The SMILES string of the molecule is CN(Cc1ccsc1)C(=O)c1ccc(N)c(Br)c1. The highest BCUT2D eigenvalue weighted by Crippen LogP contribution is 2.21. The van der Waals surface area contributed by atoms with E-state index in [1.165, 1.54) is 0 Å². The van der Waals surface area contributed by atoms with Crippen LogP contribution in [0.25, 0.3) is 0 Å². The fraction of sp³-hybridized carbons (Fsp3) is 0.154. The van der Waals surface area contributed by atoms with Crippen molar-refractivity contribution in [1.82, 2.24) is 4.90 Å². The van der Waals surface area contributed by atoms with Gasteiger partial charge in [-0.1, -0.05) is 0 Å². The van der Waals surface area contributed by atoms with Gasteiger partial charge in [0.1, 0.15) is 0 Å². The molecular weight excluding hydrogens is 312 g/mol. The minimum atomic E-state index is -0.0121. The number of amides is 1. The number of benzene rings is 1. The summed E-state index contributed by atoms with van der Waals surface area (Å²) >= 11 is 4.96. The average molecular weight is 325 g/mol. The summed E-state index contributed by atoms with van der Waals surface area (Å²) in [7, 11) is 1.80. The molecule has 0 aliphatic heterocycles. The van der Waals surface area contributed by atoms with Crippen molar-refractivity contribution < 1.29 is 4.79 Å². The van der Waals surface area contributed by atoms with Crippen LogP contribution in [-0.4, -0.2) is 17.9 Å². The molecule has 1 aromatic carbocycles. The van der Waals surface area contributed by atoms with Gasteiger partial charge < -0.3 is 10.6 Å². The first-order valence-corrected chi connectivity index (χ1v) is 7.13. The molecule has 0 spiro atoms. The van der Waals surface area contributed by atoms with Gasteiger partial charge >= 0.3 is 0 Å². The summed E-state index contributed by atoms with van der Waals surface area (Å²) in [4.78, 5) is 13.9. The summed E-state index contributed by atoms with van der Waals surface area (Å²) in [5, 5.41) is 4.05. The monoisotopic (exact) mass is 324 g/mol. The van der Waals surface area contributed by atoms with Crippen LogP contribution in [0.15, 0.2) is 39.5 Å². The zero-order valence-electron chi connectivity index (χ0n) is 9.89. The lowest BCUT2D eigenvalue weighted by molar-refractivity contribution is 0.0785. The van der Waals surface area contributed by atoms with Gasteiger partial charge in [0, 0.05) is 29.3 Å². The number of hydrogen-bond donors (Lipinski definition) is 1. The molecule has 0 unspecified atom stereocenters. The van der Waals surface area contributed by atoms with Crippen molar-refractivity contribution >= 4 is 38.9 Å². The lowest BCUT2D eigenvalue weighted by atomic mass is 10.2. The van der Waals surface area contributed by atoms with Crippen LogP contribution < -0.4 is 5.73 Å². The van der Waals surface area contributed by atoms with Crippen LogP contribution in [0.5, 0.6) is 0 Å². The average Bonchev–Trinajstić information content (AvgIpc) is 2.84. The molecule has 1 aromatic heterocycles. The van der Waals surface area contributed by atoms with Gasteiger partial charge in [-0.15, -0.1) is 0 Å². The van der Waals surface area contributed by atoms with Crippen molar-refractivity contribution in [3.8, 4) is 0 Å². The molecule has 2 N–H and O–H groups in total. The molecule has 0 radical (unpaired) electrons. The van der Waals surface area contributed by atoms with Gasteiger partial charge in [0.15, 0.2) is 0 Å². The Balaban J connectivity index is 2.12. The maximum absolute atomic E-state index is 12.2. The second-order valence-corrected chi connectivity index (χ2v) is 5.66. The summed E-state index contributed by atoms with van der Waals surface area (Å²) in [5.74, 6) is -0.0121. The lowest BCUT2D eigenvalue weighted by Crippen LogP contribution is -2.26. The Morgan fingerprint density at radius 1 is 1.44 bits per heavy atom. The van der Waals surface area contributed by atoms with Crippen LogP contribution in [-0.2, 0) is 6.54 Å². The summed E-state index contributed by atoms with van der Waals surface area (Å²) < 4.78 is 0.747. The number of halogens is 1. The third-order valence-electron chi connectivity index (χ3n) is 2.59. The van der Waals surface area contributed by atoms with E-state index in [4.69, 9.17) is 5.73 Å². The minimum absolute atomic E-state index is 0.0121. The Bertz CT molecular complexity index is 554. The number of carbonyl (C=O) groups is 1. The van der Waals surface area contributed by atoms with Gasteiger partial charge in [0.05, 0.1) is 0 Å². The second kappa shape index (κ2) is 5.54. The zero-order chi connectivity index (χ0) is 13.1. The maximum Gasteiger partial charge on any atom is 0.253 e. The number of anilines is 1. The minimum Gasteiger partial charge on any atom is -0.398 e. The predicted molar refractivity (Wildman–Crippen MR) is 78.7 cm³/mol. The summed E-state index contributed by atoms with van der Waals surface area (Å²) in [5.41, 5.74) is 8.11. The Hall–Kier alpha value is -1.33. The van der Waals surface area contributed by atoms with Crippen LogP contribution in [0, 0.1) is 0 Å². The molecule has 18 heavy (non-hydrogen) atoms. The predicted octanol–water partition coefficient (Wildman–Crippen LogP) is 3.37. The topological polar surface area (TPSA) is 46.3 Å². The van der Waals surface area contributed by atoms with Gasteiger partial charge in [-0.3, -0.25) is 4.79 Å².